The van der Waals surface area contributed by atoms with Gasteiger partial charge in [0.05, 0.1) is 0 Å². The molecular weight excluding hydrogens is 547 g/mol. The highest BCUT2D eigenvalue weighted by Gasteiger charge is 2.10. The van der Waals surface area contributed by atoms with Crippen LogP contribution in [0.25, 0.3) is 20.9 Å². The maximum Gasteiger partial charge on any atom is 0.169 e. The molecule has 34 heavy (non-hydrogen) atoms. The average molecular weight is 589 g/mol. The highest BCUT2D eigenvalue weighted by atomic mass is 127. The molecule has 0 saturated carbocycles. The van der Waals surface area contributed by atoms with E-state index in [1.807, 2.05) is 17.4 Å². The normalized spacial score (nSPS) is 10.6. The van der Waals surface area contributed by atoms with Crippen LogP contribution in [0.5, 0.6) is 0 Å². The number of hydrogen-bond acceptors (Lipinski definition) is 2. The van der Waals surface area contributed by atoms with Gasteiger partial charge in [-0.2, -0.15) is 0 Å². The van der Waals surface area contributed by atoms with Gasteiger partial charge in [-0.1, -0.05) is 71.1 Å². The molecule has 184 valence electrons. The van der Waals surface area contributed by atoms with Crippen molar-refractivity contribution in [1.82, 2.24) is 0 Å². The first-order valence-electron chi connectivity index (χ1n) is 12.8. The topological polar surface area (TPSA) is 7.12 Å². The fourth-order valence-corrected chi connectivity index (χ4v) is 5.22. The summed E-state index contributed by atoms with van der Waals surface area (Å²) in [6.45, 7) is 11.6. The van der Waals surface area contributed by atoms with Crippen molar-refractivity contribution in [3.8, 4) is 20.9 Å². The maximum atomic E-state index is 3.81. The fraction of sp³-hybridized carbons (Fsp3) is 0.433. The molecule has 3 aromatic rings. The van der Waals surface area contributed by atoms with E-state index in [9.17, 15) is 0 Å². The number of halogens is 1. The monoisotopic (exact) mass is 588 g/mol. The first-order chi connectivity index (χ1) is 16.2. The smallest absolute Gasteiger partial charge is 0.169 e. The largest absolute Gasteiger partial charge is 1.00 e. The van der Waals surface area contributed by atoms with Gasteiger partial charge in [-0.25, -0.2) is 4.57 Å². The van der Waals surface area contributed by atoms with E-state index in [4.69, 9.17) is 0 Å². The van der Waals surface area contributed by atoms with Gasteiger partial charge in [0.2, 0.25) is 0 Å². The highest BCUT2D eigenvalue weighted by Crippen LogP contribution is 2.35. The summed E-state index contributed by atoms with van der Waals surface area (Å²) in [4.78, 5) is 5.25. The van der Waals surface area contributed by atoms with Crippen molar-refractivity contribution in [2.24, 2.45) is 0 Å². The van der Waals surface area contributed by atoms with Crippen LogP contribution in [-0.4, -0.2) is 13.1 Å². The lowest BCUT2D eigenvalue weighted by atomic mass is 10.1. The van der Waals surface area contributed by atoms with E-state index in [2.05, 4.69) is 90.8 Å². The summed E-state index contributed by atoms with van der Waals surface area (Å²) < 4.78 is 2.14. The molecule has 0 spiro atoms. The third-order valence-corrected chi connectivity index (χ3v) is 7.39. The molecule has 0 atom stereocenters. The standard InChI is InChI=1S/C30H41N2S.HI/c1-4-7-9-11-22-32(23-12-10-8-5-2)28-15-13-26(14-16-28)29-17-18-30(33-29)27-19-24-31(21-6-3)25-20-27;/h6,13-20,24-25H,3-5,7-12,21-23H2,1-2H3;1H/q+1;/p-1. The lowest BCUT2D eigenvalue weighted by Gasteiger charge is -2.25. The summed E-state index contributed by atoms with van der Waals surface area (Å²) in [5.74, 6) is 0. The molecule has 0 unspecified atom stereocenters. The molecule has 0 bridgehead atoms. The first-order valence-corrected chi connectivity index (χ1v) is 13.6. The van der Waals surface area contributed by atoms with Gasteiger partial charge in [-0.15, -0.1) is 11.3 Å². The number of thiophene rings is 1. The van der Waals surface area contributed by atoms with E-state index < -0.39 is 0 Å². The van der Waals surface area contributed by atoms with Crippen molar-refractivity contribution in [3.05, 3.63) is 73.6 Å². The Hall–Kier alpha value is -1.66. The second-order valence-electron chi connectivity index (χ2n) is 8.89. The van der Waals surface area contributed by atoms with Crippen molar-refractivity contribution >= 4 is 17.0 Å². The van der Waals surface area contributed by atoms with Crippen LogP contribution >= 0.6 is 11.3 Å². The Morgan fingerprint density at radius 2 is 1.26 bits per heavy atom. The number of benzene rings is 1. The van der Waals surface area contributed by atoms with Crippen molar-refractivity contribution in [3.63, 3.8) is 0 Å². The Kier molecular flexibility index (Phi) is 13.5. The van der Waals surface area contributed by atoms with Gasteiger partial charge in [0.1, 0.15) is 0 Å². The van der Waals surface area contributed by atoms with Crippen LogP contribution in [0.1, 0.15) is 65.2 Å². The minimum atomic E-state index is 0. The quantitative estimate of drug-likeness (QED) is 0.0981. The molecule has 0 amide bonds. The Morgan fingerprint density at radius 3 is 1.76 bits per heavy atom. The Balaban J connectivity index is 0.00000408. The molecule has 4 heteroatoms. The minimum Gasteiger partial charge on any atom is -1.00 e. The molecule has 0 radical (unpaired) electrons. The van der Waals surface area contributed by atoms with Gasteiger partial charge in [-0.05, 0) is 48.7 Å². The molecule has 0 aliphatic rings. The summed E-state index contributed by atoms with van der Waals surface area (Å²) in [6.07, 6.45) is 16.7. The van der Waals surface area contributed by atoms with Crippen molar-refractivity contribution in [1.29, 1.82) is 0 Å². The van der Waals surface area contributed by atoms with Gasteiger partial charge >= 0.3 is 0 Å². The molecule has 2 aromatic heterocycles. The molecule has 0 aliphatic heterocycles. The summed E-state index contributed by atoms with van der Waals surface area (Å²) >= 11 is 1.87. The number of unbranched alkanes of at least 4 members (excludes halogenated alkanes) is 6. The Labute approximate surface area is 228 Å². The molecule has 0 saturated heterocycles. The van der Waals surface area contributed by atoms with Crippen LogP contribution in [0.2, 0.25) is 0 Å². The third-order valence-electron chi connectivity index (χ3n) is 6.20. The van der Waals surface area contributed by atoms with Crippen LogP contribution < -0.4 is 33.4 Å². The molecule has 3 rings (SSSR count). The van der Waals surface area contributed by atoms with Crippen molar-refractivity contribution in [2.45, 2.75) is 71.8 Å². The average Bonchev–Trinajstić information content (AvgIpc) is 3.34. The molecule has 0 N–H and O–H groups in total. The van der Waals surface area contributed by atoms with E-state index in [0.717, 1.165) is 6.54 Å². The second kappa shape index (κ2) is 16.1. The van der Waals surface area contributed by atoms with Crippen molar-refractivity contribution < 1.29 is 28.5 Å². The van der Waals surface area contributed by atoms with Crippen LogP contribution in [0.4, 0.5) is 5.69 Å². The molecule has 2 nitrogen and oxygen atoms in total. The van der Waals surface area contributed by atoms with Crippen LogP contribution in [0.15, 0.2) is 73.6 Å². The summed E-state index contributed by atoms with van der Waals surface area (Å²) in [7, 11) is 0. The Bertz CT molecular complexity index is 935. The molecule has 0 fully saturated rings. The van der Waals surface area contributed by atoms with Gasteiger partial charge < -0.3 is 28.9 Å². The van der Waals surface area contributed by atoms with Gasteiger partial charge in [-0.3, -0.25) is 0 Å². The zero-order chi connectivity index (χ0) is 23.3. The molecule has 1 aromatic carbocycles. The van der Waals surface area contributed by atoms with Crippen molar-refractivity contribution in [2.75, 3.05) is 18.0 Å². The van der Waals surface area contributed by atoms with E-state index in [-0.39, 0.29) is 24.0 Å². The second-order valence-corrected chi connectivity index (χ2v) is 9.98. The molecule has 0 aliphatic carbocycles. The summed E-state index contributed by atoms with van der Waals surface area (Å²) in [5, 5.41) is 0. The van der Waals surface area contributed by atoms with E-state index in [1.165, 1.54) is 91.0 Å². The zero-order valence-electron chi connectivity index (χ0n) is 21.0. The molecular formula is C30H41IN2S. The third kappa shape index (κ3) is 8.84. The van der Waals surface area contributed by atoms with E-state index >= 15 is 0 Å². The van der Waals surface area contributed by atoms with E-state index in [0.29, 0.717) is 0 Å². The van der Waals surface area contributed by atoms with E-state index in [1.54, 1.807) is 0 Å². The fourth-order valence-electron chi connectivity index (χ4n) is 4.21. The van der Waals surface area contributed by atoms with Gasteiger partial charge in [0, 0.05) is 46.2 Å². The van der Waals surface area contributed by atoms with Gasteiger partial charge in [0.25, 0.3) is 0 Å². The zero-order valence-corrected chi connectivity index (χ0v) is 24.0. The molecule has 2 heterocycles. The number of pyridine rings is 1. The lowest BCUT2D eigenvalue weighted by Crippen LogP contribution is -3.00. The number of aromatic nitrogens is 1. The van der Waals surface area contributed by atoms with Crippen LogP contribution in [0.3, 0.4) is 0 Å². The van der Waals surface area contributed by atoms with Gasteiger partial charge in [0.15, 0.2) is 18.9 Å². The summed E-state index contributed by atoms with van der Waals surface area (Å²) in [5.41, 5.74) is 3.96. The maximum absolute atomic E-state index is 3.81. The SMILES string of the molecule is C=CC[n+]1ccc(-c2ccc(-c3ccc(N(CCCCCC)CCCCCC)cc3)s2)cc1.[I-]. The predicted molar refractivity (Wildman–Crippen MR) is 146 cm³/mol. The Morgan fingerprint density at radius 1 is 0.735 bits per heavy atom. The highest BCUT2D eigenvalue weighted by molar-refractivity contribution is 7.18. The van der Waals surface area contributed by atoms with Crippen LogP contribution in [-0.2, 0) is 6.54 Å². The predicted octanol–water partition coefficient (Wildman–Crippen LogP) is 5.53. The summed E-state index contributed by atoms with van der Waals surface area (Å²) in [6, 6.07) is 18.2. The lowest BCUT2D eigenvalue weighted by molar-refractivity contribution is -0.686. The number of rotatable bonds is 15. The number of hydrogen-bond donors (Lipinski definition) is 0. The van der Waals surface area contributed by atoms with Crippen LogP contribution in [0, 0.1) is 0 Å². The number of anilines is 1. The minimum absolute atomic E-state index is 0. The number of allylic oxidation sites excluding steroid dienone is 1. The number of nitrogens with zero attached hydrogens (tertiary/aromatic N) is 2. The first kappa shape index (κ1) is 28.6.